The minimum absolute atomic E-state index is 0.0509. The highest BCUT2D eigenvalue weighted by molar-refractivity contribution is 5.66. The van der Waals surface area contributed by atoms with Crippen LogP contribution in [0.4, 0.5) is 0 Å². The number of aromatic nitrogens is 3. The zero-order chi connectivity index (χ0) is 20.6. The Labute approximate surface area is 168 Å². The molecule has 2 aromatic rings. The molecule has 0 N–H and O–H groups in total. The van der Waals surface area contributed by atoms with Gasteiger partial charge in [0.1, 0.15) is 24.5 Å². The normalized spacial score (nSPS) is 21.0. The molecule has 1 unspecified atom stereocenters. The van der Waals surface area contributed by atoms with Gasteiger partial charge in [-0.2, -0.15) is 0 Å². The molecule has 0 spiro atoms. The predicted octanol–water partition coefficient (Wildman–Crippen LogP) is 1.62. The molecule has 2 heterocycles. The Morgan fingerprint density at radius 1 is 1.14 bits per heavy atom. The topological polar surface area (TPSA) is 102 Å². The van der Waals surface area contributed by atoms with Crippen LogP contribution >= 0.6 is 0 Å². The molecule has 0 bridgehead atoms. The van der Waals surface area contributed by atoms with E-state index in [4.69, 9.17) is 18.9 Å². The highest BCUT2D eigenvalue weighted by Crippen LogP contribution is 2.19. The Bertz CT molecular complexity index is 851. The Hall–Kier alpha value is -3.04. The minimum atomic E-state index is -0.693. The maximum atomic E-state index is 11.3. The summed E-state index contributed by atoms with van der Waals surface area (Å²) in [5, 5.41) is 8.20. The van der Waals surface area contributed by atoms with E-state index in [2.05, 4.69) is 10.3 Å². The highest BCUT2D eigenvalue weighted by atomic mass is 16.7. The molecular weight excluding hydrogens is 378 g/mol. The van der Waals surface area contributed by atoms with Crippen LogP contribution in [0.3, 0.4) is 0 Å². The van der Waals surface area contributed by atoms with Crippen molar-refractivity contribution < 1.29 is 28.5 Å². The zero-order valence-corrected chi connectivity index (χ0v) is 16.3. The SMILES string of the molecule is CC(=O)OC[C@H]1OC(OCc2cn(Cc3ccccc3)nn2)C=C[C@@H]1OC(C)=O. The van der Waals surface area contributed by atoms with Crippen LogP contribution in [0.15, 0.2) is 48.7 Å². The van der Waals surface area contributed by atoms with Gasteiger partial charge in [0.2, 0.25) is 0 Å². The van der Waals surface area contributed by atoms with Crippen molar-refractivity contribution in [2.45, 2.75) is 45.5 Å². The second-order valence-corrected chi connectivity index (χ2v) is 6.51. The summed E-state index contributed by atoms with van der Waals surface area (Å²) in [5.74, 6) is -0.900. The lowest BCUT2D eigenvalue weighted by atomic mass is 10.1. The molecule has 154 valence electrons. The first-order valence-electron chi connectivity index (χ1n) is 9.18. The third-order valence-corrected chi connectivity index (χ3v) is 4.06. The van der Waals surface area contributed by atoms with E-state index in [1.807, 2.05) is 30.3 Å². The van der Waals surface area contributed by atoms with Crippen LogP contribution < -0.4 is 0 Å². The van der Waals surface area contributed by atoms with Crippen molar-refractivity contribution in [2.24, 2.45) is 0 Å². The van der Waals surface area contributed by atoms with E-state index < -0.39 is 30.4 Å². The standard InChI is InChI=1S/C20H23N3O6/c1-14(24)26-13-19-18(28-15(2)25)8-9-20(29-19)27-12-17-11-23(22-21-17)10-16-6-4-3-5-7-16/h3-9,11,18-20H,10,12-13H2,1-2H3/t18-,19+,20?/m0/s1. The highest BCUT2D eigenvalue weighted by Gasteiger charge is 2.31. The van der Waals surface area contributed by atoms with Crippen LogP contribution in [0.1, 0.15) is 25.1 Å². The van der Waals surface area contributed by atoms with Gasteiger partial charge in [0.15, 0.2) is 6.29 Å². The molecule has 0 amide bonds. The fourth-order valence-corrected chi connectivity index (χ4v) is 2.77. The number of carbonyl (C=O) groups is 2. The van der Waals surface area contributed by atoms with E-state index >= 15 is 0 Å². The molecule has 0 saturated heterocycles. The minimum Gasteiger partial charge on any atom is -0.463 e. The quantitative estimate of drug-likeness (QED) is 0.486. The summed E-state index contributed by atoms with van der Waals surface area (Å²) < 4.78 is 23.4. The summed E-state index contributed by atoms with van der Waals surface area (Å²) in [6.07, 6.45) is 3.10. The Kier molecular flexibility index (Phi) is 7.09. The number of hydrogen-bond acceptors (Lipinski definition) is 8. The summed E-state index contributed by atoms with van der Waals surface area (Å²) >= 11 is 0. The summed E-state index contributed by atoms with van der Waals surface area (Å²) in [7, 11) is 0. The van der Waals surface area contributed by atoms with Crippen LogP contribution in [0.25, 0.3) is 0 Å². The van der Waals surface area contributed by atoms with Gasteiger partial charge in [0.05, 0.1) is 19.3 Å². The number of carbonyl (C=O) groups excluding carboxylic acids is 2. The Morgan fingerprint density at radius 2 is 1.93 bits per heavy atom. The molecule has 9 nitrogen and oxygen atoms in total. The molecule has 0 aliphatic carbocycles. The molecule has 1 aliphatic rings. The first kappa shape index (κ1) is 20.7. The molecule has 3 atom stereocenters. The lowest BCUT2D eigenvalue weighted by Crippen LogP contribution is -2.42. The molecule has 1 aliphatic heterocycles. The Balaban J connectivity index is 1.54. The zero-order valence-electron chi connectivity index (χ0n) is 16.3. The van der Waals surface area contributed by atoms with Crippen LogP contribution in [0.2, 0.25) is 0 Å². The summed E-state index contributed by atoms with van der Waals surface area (Å²) in [6, 6.07) is 9.93. The van der Waals surface area contributed by atoms with Crippen molar-refractivity contribution in [3.63, 3.8) is 0 Å². The monoisotopic (exact) mass is 401 g/mol. The largest absolute Gasteiger partial charge is 0.463 e. The second kappa shape index (κ2) is 9.94. The molecule has 1 aromatic heterocycles. The van der Waals surface area contributed by atoms with Crippen molar-refractivity contribution in [3.8, 4) is 0 Å². The summed E-state index contributed by atoms with van der Waals surface area (Å²) in [4.78, 5) is 22.3. The predicted molar refractivity (Wildman–Crippen MR) is 100 cm³/mol. The van der Waals surface area contributed by atoms with Gasteiger partial charge in [-0.1, -0.05) is 35.5 Å². The van der Waals surface area contributed by atoms with Gasteiger partial charge >= 0.3 is 11.9 Å². The Morgan fingerprint density at radius 3 is 2.66 bits per heavy atom. The first-order valence-corrected chi connectivity index (χ1v) is 9.18. The van der Waals surface area contributed by atoms with E-state index in [1.54, 1.807) is 23.0 Å². The lowest BCUT2D eigenvalue weighted by Gasteiger charge is -2.31. The van der Waals surface area contributed by atoms with Crippen LogP contribution in [-0.4, -0.2) is 52.0 Å². The van der Waals surface area contributed by atoms with Gasteiger partial charge in [-0.25, -0.2) is 4.68 Å². The number of esters is 2. The summed E-state index contributed by atoms with van der Waals surface area (Å²) in [6.45, 7) is 3.35. The molecule has 0 fully saturated rings. The number of hydrogen-bond donors (Lipinski definition) is 0. The third kappa shape index (κ3) is 6.51. The van der Waals surface area contributed by atoms with Crippen molar-refractivity contribution in [2.75, 3.05) is 6.61 Å². The van der Waals surface area contributed by atoms with Gasteiger partial charge in [0, 0.05) is 13.8 Å². The van der Waals surface area contributed by atoms with Gasteiger partial charge in [-0.15, -0.1) is 5.10 Å². The summed E-state index contributed by atoms with van der Waals surface area (Å²) in [5.41, 5.74) is 1.77. The van der Waals surface area contributed by atoms with Crippen molar-refractivity contribution in [1.82, 2.24) is 15.0 Å². The molecular formula is C20H23N3O6. The number of rotatable bonds is 8. The van der Waals surface area contributed by atoms with Crippen molar-refractivity contribution >= 4 is 11.9 Å². The van der Waals surface area contributed by atoms with E-state index in [-0.39, 0.29) is 13.2 Å². The fraction of sp³-hybridized carbons (Fsp3) is 0.400. The molecule has 0 radical (unpaired) electrons. The number of ether oxygens (including phenoxy) is 4. The van der Waals surface area contributed by atoms with E-state index in [0.29, 0.717) is 12.2 Å². The van der Waals surface area contributed by atoms with Gasteiger partial charge in [0.25, 0.3) is 0 Å². The number of nitrogens with zero attached hydrogens (tertiary/aromatic N) is 3. The molecule has 29 heavy (non-hydrogen) atoms. The average molecular weight is 401 g/mol. The molecule has 0 saturated carbocycles. The fourth-order valence-electron chi connectivity index (χ4n) is 2.77. The third-order valence-electron chi connectivity index (χ3n) is 4.06. The van der Waals surface area contributed by atoms with Gasteiger partial charge < -0.3 is 18.9 Å². The van der Waals surface area contributed by atoms with E-state index in [1.165, 1.54) is 13.8 Å². The van der Waals surface area contributed by atoms with E-state index in [0.717, 1.165) is 5.56 Å². The smallest absolute Gasteiger partial charge is 0.303 e. The van der Waals surface area contributed by atoms with E-state index in [9.17, 15) is 9.59 Å². The van der Waals surface area contributed by atoms with Crippen LogP contribution in [-0.2, 0) is 41.7 Å². The average Bonchev–Trinajstić information content (AvgIpc) is 3.13. The van der Waals surface area contributed by atoms with Gasteiger partial charge in [-0.3, -0.25) is 9.59 Å². The second-order valence-electron chi connectivity index (χ2n) is 6.51. The van der Waals surface area contributed by atoms with Gasteiger partial charge in [-0.05, 0) is 17.7 Å². The van der Waals surface area contributed by atoms with Crippen LogP contribution in [0.5, 0.6) is 0 Å². The van der Waals surface area contributed by atoms with Crippen molar-refractivity contribution in [3.05, 3.63) is 59.9 Å². The molecule has 3 rings (SSSR count). The molecule has 1 aromatic carbocycles. The lowest BCUT2D eigenvalue weighted by molar-refractivity contribution is -0.200. The maximum absolute atomic E-state index is 11.3. The maximum Gasteiger partial charge on any atom is 0.303 e. The van der Waals surface area contributed by atoms with Crippen LogP contribution in [0, 0.1) is 0 Å². The first-order chi connectivity index (χ1) is 14.0. The number of benzene rings is 1. The van der Waals surface area contributed by atoms with Crippen molar-refractivity contribution in [1.29, 1.82) is 0 Å². The molecule has 9 heteroatoms.